The number of rotatable bonds is 36. The molecule has 0 spiro atoms. The van der Waals surface area contributed by atoms with Gasteiger partial charge in [0.2, 0.25) is 0 Å². The predicted octanol–water partition coefficient (Wildman–Crippen LogP) is 19.7. The Balaban J connectivity index is 1.69. The topological polar surface area (TPSA) is 3.24 Å². The number of hydrogen-bond acceptors (Lipinski definition) is 1. The van der Waals surface area contributed by atoms with Crippen LogP contribution in [0.15, 0.2) is 127 Å². The first kappa shape index (κ1) is 65.9. The normalized spacial score (nSPS) is 15.7. The molecular weight excluding hydrogens is 1050 g/mol. The zero-order valence-electron chi connectivity index (χ0n) is 52.9. The largest absolute Gasteiger partial charge is 0.242 e. The summed E-state index contributed by atoms with van der Waals surface area (Å²) in [6.45, 7) is 29.4. The third kappa shape index (κ3) is 16.2. The summed E-state index contributed by atoms with van der Waals surface area (Å²) in [6, 6.07) is 72.4. The van der Waals surface area contributed by atoms with Crippen molar-refractivity contribution in [2.45, 2.75) is 270 Å². The molecule has 0 N–H and O–H groups in total. The van der Waals surface area contributed by atoms with Gasteiger partial charge in [-0.15, -0.1) is 0 Å². The quantitative estimate of drug-likeness (QED) is 0.0285. The smallest absolute Gasteiger partial charge is 0.0866 e. The molecule has 1 fully saturated rings. The zero-order valence-corrected chi connectivity index (χ0v) is 58.7. The Kier molecular flexibility index (Phi) is 27.8. The molecule has 7 heteroatoms. The van der Waals surface area contributed by atoms with Gasteiger partial charge in [0.25, 0.3) is 0 Å². The Morgan fingerprint density at radius 2 is 0.506 bits per heavy atom. The lowest BCUT2D eigenvalue weighted by Crippen LogP contribution is -2.48. The molecule has 0 atom stereocenters. The standard InChI is InChI=1S/C72H115NP2Si4/c1-13-50-76(51-14-2,52-15-3)69-42-34-65(35-43-69)74(66-36-44-70(45-37-66)77(53-16-4,54-17-5)55-18-6)73(64-32-30-63(31-33-64)62-28-26-25-27-29-62)75(67-38-46-71(47-39-67)78(56-19-7,57-20-8)58-21-9)68-40-48-72(49-41-68)79(59-22-10,60-23-11)61-24-12/h25-29,34-49,63-64H,13-24,30-33,50-61H2,1-12H3. The summed E-state index contributed by atoms with van der Waals surface area (Å²) in [5.74, 6) is 0.624. The molecule has 0 radical (unpaired) electrons. The van der Waals surface area contributed by atoms with Crippen LogP contribution in [-0.4, -0.2) is 42.8 Å². The summed E-state index contributed by atoms with van der Waals surface area (Å²) in [5, 5.41) is 13.2. The van der Waals surface area contributed by atoms with E-state index < -0.39 is 48.4 Å². The first-order valence-corrected chi connectivity index (χ1v) is 46.5. The molecule has 0 aliphatic heterocycles. The molecule has 0 bridgehead atoms. The Morgan fingerprint density at radius 1 is 0.291 bits per heavy atom. The molecule has 1 aliphatic carbocycles. The maximum absolute atomic E-state index is 3.30. The Bertz CT molecular complexity index is 2080. The van der Waals surface area contributed by atoms with Crippen LogP contribution in [0, 0.1) is 0 Å². The number of hydrogen-bond donors (Lipinski definition) is 0. The summed E-state index contributed by atoms with van der Waals surface area (Å²) in [5.41, 5.74) is 1.55. The van der Waals surface area contributed by atoms with Crippen molar-refractivity contribution in [2.75, 3.05) is 0 Å². The van der Waals surface area contributed by atoms with Crippen molar-refractivity contribution in [3.8, 4) is 0 Å². The first-order chi connectivity index (χ1) is 38.5. The van der Waals surface area contributed by atoms with Gasteiger partial charge in [0.1, 0.15) is 0 Å². The van der Waals surface area contributed by atoms with Gasteiger partial charge >= 0.3 is 0 Å². The van der Waals surface area contributed by atoms with Crippen LogP contribution in [0.25, 0.3) is 0 Å². The van der Waals surface area contributed by atoms with Crippen molar-refractivity contribution in [1.29, 1.82) is 0 Å². The highest BCUT2D eigenvalue weighted by Crippen LogP contribution is 2.58. The van der Waals surface area contributed by atoms with Gasteiger partial charge in [-0.25, -0.2) is 4.44 Å². The van der Waals surface area contributed by atoms with Crippen LogP contribution in [0.4, 0.5) is 0 Å². The van der Waals surface area contributed by atoms with Gasteiger partial charge in [-0.2, -0.15) is 0 Å². The summed E-state index contributed by atoms with van der Waals surface area (Å²) < 4.78 is 3.30. The first-order valence-electron chi connectivity index (χ1n) is 33.4. The number of nitrogens with zero attached hydrogens (tertiary/aromatic N) is 1. The van der Waals surface area contributed by atoms with E-state index in [9.17, 15) is 0 Å². The Morgan fingerprint density at radius 3 is 0.709 bits per heavy atom. The van der Waals surface area contributed by atoms with Crippen molar-refractivity contribution in [1.82, 2.24) is 4.44 Å². The highest BCUT2D eigenvalue weighted by molar-refractivity contribution is 7.84. The van der Waals surface area contributed by atoms with E-state index in [-0.39, 0.29) is 0 Å². The van der Waals surface area contributed by atoms with E-state index in [1.165, 1.54) is 175 Å². The third-order valence-electron chi connectivity index (χ3n) is 19.3. The van der Waals surface area contributed by atoms with E-state index >= 15 is 0 Å². The highest BCUT2D eigenvalue weighted by atomic mass is 31.2. The lowest BCUT2D eigenvalue weighted by Gasteiger charge is -2.46. The van der Waals surface area contributed by atoms with Crippen molar-refractivity contribution >= 4 is 90.4 Å². The minimum Gasteiger partial charge on any atom is -0.242 e. The molecule has 6 rings (SSSR count). The zero-order chi connectivity index (χ0) is 56.7. The van der Waals surface area contributed by atoms with Crippen molar-refractivity contribution in [3.63, 3.8) is 0 Å². The maximum atomic E-state index is 3.30. The molecule has 0 aromatic heterocycles. The van der Waals surface area contributed by atoms with Gasteiger partial charge in [0, 0.05) is 22.2 Å². The van der Waals surface area contributed by atoms with Gasteiger partial charge in [-0.05, 0) is 58.4 Å². The summed E-state index contributed by atoms with van der Waals surface area (Å²) in [7, 11) is -8.47. The lowest BCUT2D eigenvalue weighted by molar-refractivity contribution is 0.326. The molecule has 0 amide bonds. The van der Waals surface area contributed by atoms with E-state index in [1.54, 1.807) is 47.5 Å². The average molecular weight is 1170 g/mol. The van der Waals surface area contributed by atoms with Crippen molar-refractivity contribution in [3.05, 3.63) is 133 Å². The molecule has 0 heterocycles. The second kappa shape index (κ2) is 33.3. The lowest BCUT2D eigenvalue weighted by atomic mass is 9.82. The van der Waals surface area contributed by atoms with Gasteiger partial charge in [0.05, 0.1) is 32.3 Å². The van der Waals surface area contributed by atoms with Gasteiger partial charge in [-0.3, -0.25) is 0 Å². The molecule has 5 aromatic carbocycles. The molecule has 434 valence electrons. The van der Waals surface area contributed by atoms with Crippen LogP contribution in [-0.2, 0) is 0 Å². The summed E-state index contributed by atoms with van der Waals surface area (Å²) >= 11 is 0. The average Bonchev–Trinajstić information content (AvgIpc) is 3.56. The van der Waals surface area contributed by atoms with Crippen molar-refractivity contribution in [2.24, 2.45) is 0 Å². The van der Waals surface area contributed by atoms with Gasteiger partial charge < -0.3 is 0 Å². The van der Waals surface area contributed by atoms with Crippen LogP contribution < -0.4 is 42.0 Å². The molecule has 5 aromatic rings. The second-order valence-corrected chi connectivity index (χ2v) is 48.2. The minimum absolute atomic E-state index is 0.473. The molecule has 1 aliphatic rings. The molecule has 1 saturated carbocycles. The van der Waals surface area contributed by atoms with E-state index in [0.717, 1.165) is 0 Å². The van der Waals surface area contributed by atoms with Crippen molar-refractivity contribution < 1.29 is 0 Å². The van der Waals surface area contributed by atoms with Gasteiger partial charge in [-0.1, -0.05) is 381 Å². The molecule has 1 nitrogen and oxygen atoms in total. The van der Waals surface area contributed by atoms with E-state index in [0.29, 0.717) is 12.0 Å². The minimum atomic E-state index is -1.66. The van der Waals surface area contributed by atoms with Crippen LogP contribution in [0.1, 0.15) is 197 Å². The molecule has 0 unspecified atom stereocenters. The van der Waals surface area contributed by atoms with Crippen LogP contribution >= 0.6 is 16.1 Å². The van der Waals surface area contributed by atoms with E-state index in [2.05, 4.69) is 215 Å². The summed E-state index contributed by atoms with van der Waals surface area (Å²) in [4.78, 5) is 0. The SMILES string of the molecule is CCC[Si](CCC)(CCC)c1ccc(P(c2ccc([Si](CCC)(CCC)CCC)cc2)N(C2CCC(c3ccccc3)CC2)P(c2ccc([Si](CCC)(CCC)CCC)cc2)c2ccc([Si](CCC)(CCC)CCC)cc2)cc1. The summed E-state index contributed by atoms with van der Waals surface area (Å²) in [6.07, 6.45) is 20.5. The second-order valence-electron chi connectivity index (χ2n) is 25.2. The maximum Gasteiger partial charge on any atom is 0.0866 e. The predicted molar refractivity (Wildman–Crippen MR) is 374 cm³/mol. The molecule has 0 saturated heterocycles. The third-order valence-corrected chi connectivity index (χ3v) is 48.8. The highest BCUT2D eigenvalue weighted by Gasteiger charge is 2.42. The van der Waals surface area contributed by atoms with Gasteiger partial charge in [0.15, 0.2) is 0 Å². The number of benzene rings is 5. The fourth-order valence-corrected chi connectivity index (χ4v) is 44.1. The Hall–Kier alpha value is -2.21. The van der Waals surface area contributed by atoms with Crippen LogP contribution in [0.3, 0.4) is 0 Å². The fraction of sp³-hybridized carbons (Fsp3) is 0.583. The monoisotopic (exact) mass is 1170 g/mol. The van der Waals surface area contributed by atoms with E-state index in [4.69, 9.17) is 0 Å². The molecular formula is C72H115NP2Si4. The Labute approximate surface area is 494 Å². The molecule has 79 heavy (non-hydrogen) atoms. The van der Waals surface area contributed by atoms with Crippen LogP contribution in [0.5, 0.6) is 0 Å². The van der Waals surface area contributed by atoms with E-state index in [1.807, 2.05) is 0 Å². The fourth-order valence-electron chi connectivity index (χ4n) is 16.4. The van der Waals surface area contributed by atoms with Crippen LogP contribution in [0.2, 0.25) is 72.5 Å².